The van der Waals surface area contributed by atoms with Crippen molar-refractivity contribution in [3.63, 3.8) is 0 Å². The maximum atomic E-state index is 14.0. The van der Waals surface area contributed by atoms with E-state index in [9.17, 15) is 4.79 Å². The molecule has 3 aromatic rings. The first-order valence-electron chi connectivity index (χ1n) is 11.5. The molecule has 4 nitrogen and oxygen atoms in total. The Morgan fingerprint density at radius 1 is 1.19 bits per heavy atom. The van der Waals surface area contributed by atoms with Gasteiger partial charge in [-0.1, -0.05) is 49.7 Å². The highest BCUT2D eigenvalue weighted by Crippen LogP contribution is 2.35. The van der Waals surface area contributed by atoms with Crippen molar-refractivity contribution < 1.29 is 4.79 Å². The van der Waals surface area contributed by atoms with Crippen LogP contribution in [0.5, 0.6) is 0 Å². The Labute approximate surface area is 185 Å². The molecule has 1 aliphatic carbocycles. The summed E-state index contributed by atoms with van der Waals surface area (Å²) in [4.78, 5) is 15.9. The van der Waals surface area contributed by atoms with Gasteiger partial charge in [0, 0.05) is 24.0 Å². The molecule has 4 heteroatoms. The second kappa shape index (κ2) is 9.09. The second-order valence-electron chi connectivity index (χ2n) is 9.02. The van der Waals surface area contributed by atoms with Crippen LogP contribution in [0.2, 0.25) is 0 Å². The third kappa shape index (κ3) is 4.58. The molecule has 162 valence electrons. The first-order chi connectivity index (χ1) is 15.0. The van der Waals surface area contributed by atoms with Gasteiger partial charge < -0.3 is 4.90 Å². The van der Waals surface area contributed by atoms with Crippen molar-refractivity contribution in [2.75, 3.05) is 4.90 Å². The molecule has 0 radical (unpaired) electrons. The van der Waals surface area contributed by atoms with Crippen LogP contribution >= 0.6 is 0 Å². The molecule has 0 saturated carbocycles. The standard InChI is InChI=1S/C27H33N3O/c1-5-29-17-21(16-28-29)18-30(24-13-11-22(12-14-24)19(2)3)27(31)25-8-6-7-23-10-9-20(4)15-26(23)25/h9-17,19,25H,5-8,18H2,1-4H3. The summed E-state index contributed by atoms with van der Waals surface area (Å²) in [5, 5.41) is 4.42. The van der Waals surface area contributed by atoms with Crippen LogP contribution in [-0.2, 0) is 24.3 Å². The molecule has 31 heavy (non-hydrogen) atoms. The van der Waals surface area contributed by atoms with Crippen LogP contribution < -0.4 is 4.90 Å². The minimum absolute atomic E-state index is 0.0883. The van der Waals surface area contributed by atoms with Crippen molar-refractivity contribution in [3.05, 3.63) is 82.7 Å². The molecule has 4 rings (SSSR count). The van der Waals surface area contributed by atoms with E-state index in [1.165, 1.54) is 22.3 Å². The van der Waals surface area contributed by atoms with Crippen molar-refractivity contribution in [2.45, 2.75) is 71.9 Å². The van der Waals surface area contributed by atoms with Gasteiger partial charge in [-0.05, 0) is 67.9 Å². The van der Waals surface area contributed by atoms with Crippen molar-refractivity contribution in [1.82, 2.24) is 9.78 Å². The molecular formula is C27H33N3O. The summed E-state index contributed by atoms with van der Waals surface area (Å²) >= 11 is 0. The van der Waals surface area contributed by atoms with E-state index >= 15 is 0 Å². The molecule has 1 amide bonds. The molecule has 1 atom stereocenters. The maximum absolute atomic E-state index is 14.0. The second-order valence-corrected chi connectivity index (χ2v) is 9.02. The van der Waals surface area contributed by atoms with Gasteiger partial charge >= 0.3 is 0 Å². The molecule has 0 bridgehead atoms. The molecule has 1 heterocycles. The highest BCUT2D eigenvalue weighted by Gasteiger charge is 2.31. The fourth-order valence-electron chi connectivity index (χ4n) is 4.54. The van der Waals surface area contributed by atoms with E-state index in [2.05, 4.69) is 75.3 Å². The number of aryl methyl sites for hydroxylation is 3. The van der Waals surface area contributed by atoms with E-state index in [1.54, 1.807) is 0 Å². The molecule has 1 aliphatic rings. The lowest BCUT2D eigenvalue weighted by molar-refractivity contribution is -0.120. The highest BCUT2D eigenvalue weighted by atomic mass is 16.2. The van der Waals surface area contributed by atoms with Crippen LogP contribution in [0.25, 0.3) is 0 Å². The zero-order chi connectivity index (χ0) is 22.0. The summed E-state index contributed by atoms with van der Waals surface area (Å²) < 4.78 is 1.92. The number of rotatable bonds is 6. The number of carbonyl (C=O) groups is 1. The molecule has 1 aromatic heterocycles. The van der Waals surface area contributed by atoms with Gasteiger partial charge in [-0.15, -0.1) is 0 Å². The average Bonchev–Trinajstić information content (AvgIpc) is 3.24. The highest BCUT2D eigenvalue weighted by molar-refractivity contribution is 5.98. The predicted molar refractivity (Wildman–Crippen MR) is 126 cm³/mol. The van der Waals surface area contributed by atoms with Crippen LogP contribution in [0, 0.1) is 6.92 Å². The number of carbonyl (C=O) groups excluding carboxylic acids is 1. The first kappa shape index (κ1) is 21.4. The van der Waals surface area contributed by atoms with Gasteiger partial charge in [0.05, 0.1) is 18.7 Å². The van der Waals surface area contributed by atoms with Crippen molar-refractivity contribution >= 4 is 11.6 Å². The summed E-state index contributed by atoms with van der Waals surface area (Å²) in [5.41, 5.74) is 7.05. The Balaban J connectivity index is 1.70. The van der Waals surface area contributed by atoms with E-state index in [0.29, 0.717) is 12.5 Å². The molecule has 0 aliphatic heterocycles. The number of nitrogens with zero attached hydrogens (tertiary/aromatic N) is 3. The average molecular weight is 416 g/mol. The number of aromatic nitrogens is 2. The summed E-state index contributed by atoms with van der Waals surface area (Å²) in [6.07, 6.45) is 6.95. The fourth-order valence-corrected chi connectivity index (χ4v) is 4.54. The van der Waals surface area contributed by atoms with E-state index in [4.69, 9.17) is 0 Å². The van der Waals surface area contributed by atoms with Gasteiger partial charge in [0.2, 0.25) is 5.91 Å². The zero-order valence-corrected chi connectivity index (χ0v) is 19.1. The number of hydrogen-bond acceptors (Lipinski definition) is 2. The quantitative estimate of drug-likeness (QED) is 0.496. The third-order valence-corrected chi connectivity index (χ3v) is 6.40. The number of amides is 1. The summed E-state index contributed by atoms with van der Waals surface area (Å²) in [6, 6.07) is 15.1. The topological polar surface area (TPSA) is 38.1 Å². The van der Waals surface area contributed by atoms with Crippen molar-refractivity contribution in [2.24, 2.45) is 0 Å². The Hall–Kier alpha value is -2.88. The Kier molecular flexibility index (Phi) is 6.26. The number of anilines is 1. The Morgan fingerprint density at radius 3 is 2.65 bits per heavy atom. The van der Waals surface area contributed by atoms with E-state index in [0.717, 1.165) is 37.1 Å². The Morgan fingerprint density at radius 2 is 1.97 bits per heavy atom. The van der Waals surface area contributed by atoms with Gasteiger partial charge in [0.25, 0.3) is 0 Å². The normalized spacial score (nSPS) is 15.7. The number of hydrogen-bond donors (Lipinski definition) is 0. The van der Waals surface area contributed by atoms with Crippen LogP contribution in [0.3, 0.4) is 0 Å². The zero-order valence-electron chi connectivity index (χ0n) is 19.1. The van der Waals surface area contributed by atoms with Gasteiger partial charge in [-0.25, -0.2) is 0 Å². The lowest BCUT2D eigenvalue weighted by Gasteiger charge is -2.31. The maximum Gasteiger partial charge on any atom is 0.234 e. The van der Waals surface area contributed by atoms with Crippen LogP contribution in [0.15, 0.2) is 54.9 Å². The smallest absolute Gasteiger partial charge is 0.234 e. The minimum atomic E-state index is -0.0883. The van der Waals surface area contributed by atoms with Crippen molar-refractivity contribution in [1.29, 1.82) is 0 Å². The molecule has 0 N–H and O–H groups in total. The van der Waals surface area contributed by atoms with Crippen LogP contribution in [-0.4, -0.2) is 15.7 Å². The van der Waals surface area contributed by atoms with Gasteiger partial charge in [0.1, 0.15) is 0 Å². The van der Waals surface area contributed by atoms with Gasteiger partial charge in [-0.3, -0.25) is 9.48 Å². The molecule has 0 spiro atoms. The fraction of sp³-hybridized carbons (Fsp3) is 0.407. The SMILES string of the molecule is CCn1cc(CN(C(=O)C2CCCc3ccc(C)cc32)c2ccc(C(C)C)cc2)cn1. The largest absolute Gasteiger partial charge is 0.307 e. The van der Waals surface area contributed by atoms with E-state index in [-0.39, 0.29) is 11.8 Å². The van der Waals surface area contributed by atoms with E-state index < -0.39 is 0 Å². The van der Waals surface area contributed by atoms with E-state index in [1.807, 2.05) is 22.0 Å². The summed E-state index contributed by atoms with van der Waals surface area (Å²) in [5.74, 6) is 0.567. The number of fused-ring (bicyclic) bond motifs is 1. The molecule has 2 aromatic carbocycles. The van der Waals surface area contributed by atoms with Crippen LogP contribution in [0.1, 0.15) is 73.3 Å². The predicted octanol–water partition coefficient (Wildman–Crippen LogP) is 5.99. The molecule has 0 fully saturated rings. The van der Waals surface area contributed by atoms with Gasteiger partial charge in [0.15, 0.2) is 0 Å². The summed E-state index contributed by atoms with van der Waals surface area (Å²) in [6.45, 7) is 9.93. The van der Waals surface area contributed by atoms with Gasteiger partial charge in [-0.2, -0.15) is 5.10 Å². The molecular weight excluding hydrogens is 382 g/mol. The first-order valence-corrected chi connectivity index (χ1v) is 11.5. The summed E-state index contributed by atoms with van der Waals surface area (Å²) in [7, 11) is 0. The number of benzene rings is 2. The Bertz CT molecular complexity index is 1050. The lowest BCUT2D eigenvalue weighted by Crippen LogP contribution is -2.36. The lowest BCUT2D eigenvalue weighted by atomic mass is 9.81. The molecule has 1 unspecified atom stereocenters. The minimum Gasteiger partial charge on any atom is -0.307 e. The third-order valence-electron chi connectivity index (χ3n) is 6.40. The molecule has 0 saturated heterocycles. The van der Waals surface area contributed by atoms with Crippen LogP contribution in [0.4, 0.5) is 5.69 Å². The van der Waals surface area contributed by atoms with Crippen molar-refractivity contribution in [3.8, 4) is 0 Å². The monoisotopic (exact) mass is 415 g/mol.